The lowest BCUT2D eigenvalue weighted by Crippen LogP contribution is -1.89. The van der Waals surface area contributed by atoms with E-state index in [1.807, 2.05) is 0 Å². The van der Waals surface area contributed by atoms with Gasteiger partial charge in [0.05, 0.1) is 17.2 Å². The number of aldehydes is 1. The third kappa shape index (κ3) is 2.47. The Morgan fingerprint density at radius 3 is 2.61 bits per heavy atom. The molecule has 0 saturated carbocycles. The van der Waals surface area contributed by atoms with Gasteiger partial charge in [-0.15, -0.1) is 0 Å². The number of hydrogen-bond donors (Lipinski definition) is 0. The summed E-state index contributed by atoms with van der Waals surface area (Å²) in [5, 5.41) is 0.939. The van der Waals surface area contributed by atoms with Gasteiger partial charge >= 0.3 is 0 Å². The molecule has 1 aromatic carbocycles. The Labute approximate surface area is 114 Å². The molecule has 0 N–H and O–H groups in total. The van der Waals surface area contributed by atoms with E-state index in [9.17, 15) is 4.79 Å². The molecular formula is C13H9Cl2NO2. The third-order valence-electron chi connectivity index (χ3n) is 2.45. The summed E-state index contributed by atoms with van der Waals surface area (Å²) in [6.07, 6.45) is 3.84. The standard InChI is InChI=1S/C13H9Cl2NO2/c1-18-13-4-11(14)10(3-12(13)15)9-2-8(7-17)5-16-6-9/h2-7H,1H3. The SMILES string of the molecule is COc1cc(Cl)c(-c2cncc(C=O)c2)cc1Cl. The van der Waals surface area contributed by atoms with Gasteiger partial charge in [0.1, 0.15) is 5.75 Å². The molecule has 0 bridgehead atoms. The van der Waals surface area contributed by atoms with Gasteiger partial charge in [-0.1, -0.05) is 23.2 Å². The van der Waals surface area contributed by atoms with Gasteiger partial charge in [-0.25, -0.2) is 0 Å². The smallest absolute Gasteiger partial charge is 0.151 e. The van der Waals surface area contributed by atoms with Crippen LogP contribution in [0, 0.1) is 0 Å². The van der Waals surface area contributed by atoms with Crippen LogP contribution in [0.15, 0.2) is 30.6 Å². The maximum Gasteiger partial charge on any atom is 0.151 e. The number of rotatable bonds is 3. The Hall–Kier alpha value is -1.58. The van der Waals surface area contributed by atoms with E-state index in [0.29, 0.717) is 26.9 Å². The fourth-order valence-corrected chi connectivity index (χ4v) is 2.08. The topological polar surface area (TPSA) is 39.2 Å². The van der Waals surface area contributed by atoms with Crippen LogP contribution in [0.5, 0.6) is 5.75 Å². The zero-order chi connectivity index (χ0) is 13.1. The lowest BCUT2D eigenvalue weighted by Gasteiger charge is -2.09. The molecule has 0 spiro atoms. The summed E-state index contributed by atoms with van der Waals surface area (Å²) in [6, 6.07) is 5.02. The van der Waals surface area contributed by atoms with E-state index in [2.05, 4.69) is 4.98 Å². The van der Waals surface area contributed by atoms with Crippen LogP contribution in [0.3, 0.4) is 0 Å². The van der Waals surface area contributed by atoms with Crippen molar-refractivity contribution < 1.29 is 9.53 Å². The van der Waals surface area contributed by atoms with Crippen molar-refractivity contribution in [1.82, 2.24) is 4.98 Å². The molecule has 0 aliphatic carbocycles. The first-order valence-electron chi connectivity index (χ1n) is 5.09. The molecule has 2 rings (SSSR count). The van der Waals surface area contributed by atoms with Crippen LogP contribution < -0.4 is 4.74 Å². The largest absolute Gasteiger partial charge is 0.495 e. The average Bonchev–Trinajstić information content (AvgIpc) is 2.41. The summed E-state index contributed by atoms with van der Waals surface area (Å²) < 4.78 is 5.07. The Balaban J connectivity index is 2.56. The molecule has 0 saturated heterocycles. The fourth-order valence-electron chi connectivity index (χ4n) is 1.58. The Kier molecular flexibility index (Phi) is 3.84. The van der Waals surface area contributed by atoms with Crippen molar-refractivity contribution in [2.75, 3.05) is 7.11 Å². The van der Waals surface area contributed by atoms with Gasteiger partial charge < -0.3 is 4.74 Å². The molecule has 0 aliphatic rings. The molecule has 1 heterocycles. The molecule has 3 nitrogen and oxygen atoms in total. The summed E-state index contributed by atoms with van der Waals surface area (Å²) >= 11 is 12.2. The predicted molar refractivity (Wildman–Crippen MR) is 71.6 cm³/mol. The number of methoxy groups -OCH3 is 1. The van der Waals surface area contributed by atoms with Gasteiger partial charge in [0.2, 0.25) is 0 Å². The van der Waals surface area contributed by atoms with Crippen LogP contribution in [0.4, 0.5) is 0 Å². The van der Waals surface area contributed by atoms with Crippen LogP contribution in [0.1, 0.15) is 10.4 Å². The fraction of sp³-hybridized carbons (Fsp3) is 0.0769. The lowest BCUT2D eigenvalue weighted by atomic mass is 10.1. The van der Waals surface area contributed by atoms with Gasteiger partial charge in [0.25, 0.3) is 0 Å². The Morgan fingerprint density at radius 2 is 1.94 bits per heavy atom. The minimum absolute atomic E-state index is 0.452. The highest BCUT2D eigenvalue weighted by molar-refractivity contribution is 6.36. The van der Waals surface area contributed by atoms with E-state index < -0.39 is 0 Å². The van der Waals surface area contributed by atoms with E-state index in [4.69, 9.17) is 27.9 Å². The van der Waals surface area contributed by atoms with Crippen LogP contribution in [0.2, 0.25) is 10.0 Å². The molecule has 0 aliphatic heterocycles. The predicted octanol–water partition coefficient (Wildman–Crippen LogP) is 3.88. The maximum absolute atomic E-state index is 10.7. The second-order valence-electron chi connectivity index (χ2n) is 3.59. The van der Waals surface area contributed by atoms with Crippen LogP contribution in [0.25, 0.3) is 11.1 Å². The molecule has 0 fully saturated rings. The summed E-state index contributed by atoms with van der Waals surface area (Å²) in [7, 11) is 1.52. The third-order valence-corrected chi connectivity index (χ3v) is 3.06. The first-order valence-corrected chi connectivity index (χ1v) is 5.85. The van der Waals surface area contributed by atoms with E-state index >= 15 is 0 Å². The molecule has 18 heavy (non-hydrogen) atoms. The molecule has 1 aromatic heterocycles. The normalized spacial score (nSPS) is 10.2. The number of carbonyl (C=O) groups is 1. The summed E-state index contributed by atoms with van der Waals surface area (Å²) in [4.78, 5) is 14.7. The number of hydrogen-bond acceptors (Lipinski definition) is 3. The summed E-state index contributed by atoms with van der Waals surface area (Å²) in [5.41, 5.74) is 1.92. The van der Waals surface area contributed by atoms with Crippen molar-refractivity contribution in [3.63, 3.8) is 0 Å². The van der Waals surface area contributed by atoms with Gasteiger partial charge in [-0.3, -0.25) is 9.78 Å². The molecule has 5 heteroatoms. The minimum atomic E-state index is 0.452. The lowest BCUT2D eigenvalue weighted by molar-refractivity contribution is 0.112. The molecule has 0 unspecified atom stereocenters. The number of aromatic nitrogens is 1. The highest BCUT2D eigenvalue weighted by atomic mass is 35.5. The first kappa shape index (κ1) is 12.9. The molecule has 92 valence electrons. The van der Waals surface area contributed by atoms with E-state index in [1.165, 1.54) is 13.3 Å². The zero-order valence-electron chi connectivity index (χ0n) is 9.48. The number of nitrogens with zero attached hydrogens (tertiary/aromatic N) is 1. The van der Waals surface area contributed by atoms with Crippen molar-refractivity contribution in [2.24, 2.45) is 0 Å². The second-order valence-corrected chi connectivity index (χ2v) is 4.41. The van der Waals surface area contributed by atoms with Gasteiger partial charge in [-0.2, -0.15) is 0 Å². The van der Waals surface area contributed by atoms with Crippen molar-refractivity contribution >= 4 is 29.5 Å². The number of pyridine rings is 1. The van der Waals surface area contributed by atoms with Crippen LogP contribution in [-0.2, 0) is 0 Å². The number of carbonyl (C=O) groups excluding carboxylic acids is 1. The Morgan fingerprint density at radius 1 is 1.17 bits per heavy atom. The number of ether oxygens (including phenoxy) is 1. The molecule has 0 atom stereocenters. The minimum Gasteiger partial charge on any atom is -0.495 e. The second kappa shape index (κ2) is 5.38. The average molecular weight is 282 g/mol. The Bertz CT molecular complexity index is 600. The monoisotopic (exact) mass is 281 g/mol. The first-order chi connectivity index (χ1) is 8.65. The maximum atomic E-state index is 10.7. The zero-order valence-corrected chi connectivity index (χ0v) is 11.0. The van der Waals surface area contributed by atoms with Crippen molar-refractivity contribution in [3.8, 4) is 16.9 Å². The molecule has 0 amide bonds. The van der Waals surface area contributed by atoms with E-state index in [0.717, 1.165) is 11.8 Å². The number of benzene rings is 1. The van der Waals surface area contributed by atoms with Crippen LogP contribution in [-0.4, -0.2) is 18.4 Å². The van der Waals surface area contributed by atoms with Crippen molar-refractivity contribution in [3.05, 3.63) is 46.2 Å². The van der Waals surface area contributed by atoms with E-state index in [-0.39, 0.29) is 0 Å². The molecule has 0 radical (unpaired) electrons. The highest BCUT2D eigenvalue weighted by Crippen LogP contribution is 2.36. The number of halogens is 2. The van der Waals surface area contributed by atoms with Crippen molar-refractivity contribution in [1.29, 1.82) is 0 Å². The van der Waals surface area contributed by atoms with Crippen molar-refractivity contribution in [2.45, 2.75) is 0 Å². The summed E-state index contributed by atoms with van der Waals surface area (Å²) in [5.74, 6) is 0.505. The van der Waals surface area contributed by atoms with Gasteiger partial charge in [-0.05, 0) is 12.1 Å². The molecule has 2 aromatic rings. The van der Waals surface area contributed by atoms with Gasteiger partial charge in [0.15, 0.2) is 6.29 Å². The van der Waals surface area contributed by atoms with Gasteiger partial charge in [0, 0.05) is 35.2 Å². The van der Waals surface area contributed by atoms with Crippen LogP contribution >= 0.6 is 23.2 Å². The van der Waals surface area contributed by atoms with E-state index in [1.54, 1.807) is 24.4 Å². The summed E-state index contributed by atoms with van der Waals surface area (Å²) in [6.45, 7) is 0. The highest BCUT2D eigenvalue weighted by Gasteiger charge is 2.10. The molecular weight excluding hydrogens is 273 g/mol. The quantitative estimate of drug-likeness (QED) is 0.802.